The summed E-state index contributed by atoms with van der Waals surface area (Å²) in [6, 6.07) is 8.02. The molecule has 3 N–H and O–H groups in total. The van der Waals surface area contributed by atoms with Gasteiger partial charge < -0.3 is 5.73 Å². The average molecular weight is 328 g/mol. The normalized spacial score (nSPS) is 30.0. The molecule has 2 atom stereocenters. The molecule has 1 heterocycles. The van der Waals surface area contributed by atoms with Crippen LogP contribution in [0.3, 0.4) is 0 Å². The number of nitrogens with one attached hydrogen (secondary N) is 1. The van der Waals surface area contributed by atoms with Crippen molar-refractivity contribution in [2.45, 2.75) is 30.2 Å². The van der Waals surface area contributed by atoms with Gasteiger partial charge in [0.1, 0.15) is 0 Å². The van der Waals surface area contributed by atoms with Crippen LogP contribution < -0.4 is 11.1 Å². The quantitative estimate of drug-likeness (QED) is 0.838. The number of hydrogen-bond donors (Lipinski definition) is 2. The third-order valence-electron chi connectivity index (χ3n) is 4.71. The van der Waals surface area contributed by atoms with Crippen LogP contribution >= 0.6 is 11.6 Å². The number of rotatable bonds is 3. The number of guanidine groups is 1. The van der Waals surface area contributed by atoms with E-state index in [1.165, 1.54) is 0 Å². The van der Waals surface area contributed by atoms with Gasteiger partial charge in [-0.25, -0.2) is 4.99 Å². The maximum atomic E-state index is 12.6. The molecule has 1 fully saturated rings. The summed E-state index contributed by atoms with van der Waals surface area (Å²) in [5.41, 5.74) is 7.96. The first kappa shape index (κ1) is 14.5. The Kier molecular flexibility index (Phi) is 3.31. The molecular formula is C18H18ClN3O. The molecule has 1 aliphatic heterocycles. The molecule has 1 amide bonds. The average Bonchev–Trinajstić information content (AvgIpc) is 3.33. The number of aliphatic imine (C=N–C) groups is 1. The van der Waals surface area contributed by atoms with E-state index in [1.54, 1.807) is 0 Å². The molecule has 2 unspecified atom stereocenters. The summed E-state index contributed by atoms with van der Waals surface area (Å²) < 4.78 is 0. The number of alkyl halides is 1. The summed E-state index contributed by atoms with van der Waals surface area (Å²) in [4.78, 5) is 17.1. The van der Waals surface area contributed by atoms with Gasteiger partial charge >= 0.3 is 0 Å². The molecule has 0 spiro atoms. The number of benzene rings is 1. The van der Waals surface area contributed by atoms with Crippen molar-refractivity contribution >= 4 is 29.0 Å². The van der Waals surface area contributed by atoms with Gasteiger partial charge in [0.2, 0.25) is 0 Å². The largest absolute Gasteiger partial charge is 0.370 e. The SMILES string of the molecule is NC1=NC(c2cccc(C3=CC(Cl)CC=C3)c2)(C2CC2)C(=O)N1. The molecule has 0 bridgehead atoms. The van der Waals surface area contributed by atoms with Crippen LogP contribution in [0.1, 0.15) is 30.4 Å². The van der Waals surface area contributed by atoms with Crippen LogP contribution in [0.25, 0.3) is 5.57 Å². The van der Waals surface area contributed by atoms with Gasteiger partial charge in [0, 0.05) is 0 Å². The smallest absolute Gasteiger partial charge is 0.259 e. The Hall–Kier alpha value is -2.07. The molecule has 0 saturated heterocycles. The predicted octanol–water partition coefficient (Wildman–Crippen LogP) is 2.69. The Balaban J connectivity index is 1.79. The maximum Gasteiger partial charge on any atom is 0.259 e. The second kappa shape index (κ2) is 5.24. The van der Waals surface area contributed by atoms with E-state index in [1.807, 2.05) is 24.3 Å². The van der Waals surface area contributed by atoms with Crippen LogP contribution in [0.4, 0.5) is 0 Å². The third kappa shape index (κ3) is 2.38. The number of amides is 1. The highest BCUT2D eigenvalue weighted by molar-refractivity contribution is 6.22. The lowest BCUT2D eigenvalue weighted by atomic mass is 9.83. The molecule has 1 aromatic carbocycles. The number of nitrogens with two attached hydrogens (primary N) is 1. The van der Waals surface area contributed by atoms with Gasteiger partial charge in [-0.3, -0.25) is 10.1 Å². The van der Waals surface area contributed by atoms with E-state index < -0.39 is 5.54 Å². The Morgan fingerprint density at radius 3 is 2.83 bits per heavy atom. The number of carbonyl (C=O) groups is 1. The Morgan fingerprint density at radius 2 is 2.17 bits per heavy atom. The van der Waals surface area contributed by atoms with Gasteiger partial charge in [-0.15, -0.1) is 11.6 Å². The predicted molar refractivity (Wildman–Crippen MR) is 92.0 cm³/mol. The van der Waals surface area contributed by atoms with Gasteiger partial charge in [-0.05, 0) is 47.9 Å². The highest BCUT2D eigenvalue weighted by Gasteiger charge is 2.55. The summed E-state index contributed by atoms with van der Waals surface area (Å²) in [5.74, 6) is 0.332. The topological polar surface area (TPSA) is 67.5 Å². The van der Waals surface area contributed by atoms with Gasteiger partial charge in [-0.1, -0.05) is 36.4 Å². The minimum Gasteiger partial charge on any atom is -0.370 e. The number of carbonyl (C=O) groups excluding carboxylic acids is 1. The Bertz CT molecular complexity index is 763. The van der Waals surface area contributed by atoms with Gasteiger partial charge in [0.25, 0.3) is 5.91 Å². The summed E-state index contributed by atoms with van der Waals surface area (Å²) in [6.45, 7) is 0. The monoisotopic (exact) mass is 327 g/mol. The zero-order chi connectivity index (χ0) is 16.0. The van der Waals surface area contributed by atoms with Crippen LogP contribution in [-0.4, -0.2) is 17.2 Å². The fourth-order valence-electron chi connectivity index (χ4n) is 3.46. The highest BCUT2D eigenvalue weighted by Crippen LogP contribution is 2.50. The first-order valence-electron chi connectivity index (χ1n) is 7.90. The summed E-state index contributed by atoms with van der Waals surface area (Å²) in [6.07, 6.45) is 9.06. The third-order valence-corrected chi connectivity index (χ3v) is 5.01. The molecule has 0 radical (unpaired) electrons. The molecule has 118 valence electrons. The summed E-state index contributed by atoms with van der Waals surface area (Å²) >= 11 is 6.23. The van der Waals surface area contributed by atoms with Crippen molar-refractivity contribution in [1.29, 1.82) is 0 Å². The van der Waals surface area contributed by atoms with Gasteiger partial charge in [0.05, 0.1) is 5.38 Å². The van der Waals surface area contributed by atoms with Crippen molar-refractivity contribution in [3.63, 3.8) is 0 Å². The molecule has 4 rings (SSSR count). The van der Waals surface area contributed by atoms with Crippen molar-refractivity contribution in [3.05, 3.63) is 53.6 Å². The van der Waals surface area contributed by atoms with Crippen LogP contribution in [-0.2, 0) is 10.3 Å². The van der Waals surface area contributed by atoms with E-state index in [0.29, 0.717) is 0 Å². The van der Waals surface area contributed by atoms with E-state index in [-0.39, 0.29) is 23.2 Å². The fourth-order valence-corrected chi connectivity index (χ4v) is 3.70. The van der Waals surface area contributed by atoms with E-state index in [2.05, 4.69) is 28.5 Å². The molecule has 1 saturated carbocycles. The van der Waals surface area contributed by atoms with E-state index >= 15 is 0 Å². The van der Waals surface area contributed by atoms with Crippen molar-refractivity contribution in [2.24, 2.45) is 16.6 Å². The molecule has 3 aliphatic rings. The molecule has 23 heavy (non-hydrogen) atoms. The number of allylic oxidation sites excluding steroid dienone is 4. The summed E-state index contributed by atoms with van der Waals surface area (Å²) in [7, 11) is 0. The van der Waals surface area contributed by atoms with E-state index in [9.17, 15) is 4.79 Å². The van der Waals surface area contributed by atoms with Gasteiger partial charge in [-0.2, -0.15) is 0 Å². The minimum atomic E-state index is -0.862. The molecule has 5 heteroatoms. The Morgan fingerprint density at radius 1 is 1.35 bits per heavy atom. The Labute approximate surface area is 140 Å². The number of halogens is 1. The molecular weight excluding hydrogens is 310 g/mol. The highest BCUT2D eigenvalue weighted by atomic mass is 35.5. The molecule has 4 nitrogen and oxygen atoms in total. The van der Waals surface area contributed by atoms with Crippen molar-refractivity contribution in [3.8, 4) is 0 Å². The minimum absolute atomic E-state index is 0.0134. The van der Waals surface area contributed by atoms with Crippen LogP contribution in [0.15, 0.2) is 47.5 Å². The lowest BCUT2D eigenvalue weighted by Crippen LogP contribution is -2.40. The lowest BCUT2D eigenvalue weighted by Gasteiger charge is -2.24. The maximum absolute atomic E-state index is 12.6. The molecule has 2 aliphatic carbocycles. The first-order valence-corrected chi connectivity index (χ1v) is 8.33. The van der Waals surface area contributed by atoms with Crippen LogP contribution in [0.5, 0.6) is 0 Å². The van der Waals surface area contributed by atoms with Crippen molar-refractivity contribution in [1.82, 2.24) is 5.32 Å². The first-order chi connectivity index (χ1) is 11.1. The van der Waals surface area contributed by atoms with E-state index in [4.69, 9.17) is 17.3 Å². The number of nitrogens with zero attached hydrogens (tertiary/aromatic N) is 1. The van der Waals surface area contributed by atoms with Crippen molar-refractivity contribution < 1.29 is 4.79 Å². The summed E-state index contributed by atoms with van der Waals surface area (Å²) in [5, 5.41) is 2.69. The van der Waals surface area contributed by atoms with Crippen LogP contribution in [0.2, 0.25) is 0 Å². The zero-order valence-electron chi connectivity index (χ0n) is 12.6. The molecule has 0 aromatic heterocycles. The van der Waals surface area contributed by atoms with Crippen molar-refractivity contribution in [2.75, 3.05) is 0 Å². The second-order valence-electron chi connectivity index (χ2n) is 6.35. The number of hydrogen-bond acceptors (Lipinski definition) is 3. The van der Waals surface area contributed by atoms with Crippen LogP contribution in [0, 0.1) is 5.92 Å². The zero-order valence-corrected chi connectivity index (χ0v) is 13.4. The van der Waals surface area contributed by atoms with Gasteiger partial charge in [0.15, 0.2) is 11.5 Å². The standard InChI is InChI=1S/C18H18ClN3O/c19-15-6-2-4-12(10-15)11-3-1-5-14(9-11)18(13-7-8-13)16(23)21-17(20)22-18/h1-5,9-10,13,15H,6-8H2,(H3,20,21,22,23). The fraction of sp³-hybridized carbons (Fsp3) is 0.333. The molecule has 1 aromatic rings. The van der Waals surface area contributed by atoms with E-state index in [0.717, 1.165) is 36.0 Å². The second-order valence-corrected chi connectivity index (χ2v) is 6.91. The lowest BCUT2D eigenvalue weighted by molar-refractivity contribution is -0.124.